The summed E-state index contributed by atoms with van der Waals surface area (Å²) in [6.07, 6.45) is 1.12. The van der Waals surface area contributed by atoms with Crippen LogP contribution in [0, 0.1) is 0 Å². The van der Waals surface area contributed by atoms with Gasteiger partial charge in [-0.2, -0.15) is 0 Å². The number of anilines is 1. The molecule has 0 aliphatic carbocycles. The van der Waals surface area contributed by atoms with Crippen molar-refractivity contribution in [2.45, 2.75) is 19.4 Å². The average Bonchev–Trinajstić information content (AvgIpc) is 2.93. The molecule has 2 aromatic rings. The maximum atomic E-state index is 5.87. The minimum atomic E-state index is 0.556. The lowest BCUT2D eigenvalue weighted by Gasteiger charge is -2.24. The van der Waals surface area contributed by atoms with E-state index in [0.29, 0.717) is 6.04 Å². The first-order chi connectivity index (χ1) is 9.65. The number of hydrogen-bond donors (Lipinski definition) is 1. The highest BCUT2D eigenvalue weighted by Crippen LogP contribution is 2.14. The molecule has 2 nitrogen and oxygen atoms in total. The van der Waals surface area contributed by atoms with E-state index in [1.807, 2.05) is 35.6 Å². The third kappa shape index (κ3) is 4.82. The lowest BCUT2D eigenvalue weighted by Crippen LogP contribution is -2.34. The summed E-state index contributed by atoms with van der Waals surface area (Å²) in [4.78, 5) is 3.85. The zero-order valence-corrected chi connectivity index (χ0v) is 13.5. The van der Waals surface area contributed by atoms with Crippen LogP contribution in [0.2, 0.25) is 5.02 Å². The number of rotatable bonds is 7. The molecule has 0 aliphatic rings. The summed E-state index contributed by atoms with van der Waals surface area (Å²) in [6, 6.07) is 12.7. The van der Waals surface area contributed by atoms with Gasteiger partial charge in [0.05, 0.1) is 0 Å². The summed E-state index contributed by atoms with van der Waals surface area (Å²) in [7, 11) is 2.18. The van der Waals surface area contributed by atoms with Crippen LogP contribution < -0.4 is 5.32 Å². The number of likely N-dealkylation sites (N-methyl/N-ethyl adjacent to an activating group) is 1. The number of nitrogens with one attached hydrogen (secondary N) is 1. The Labute approximate surface area is 130 Å². The van der Waals surface area contributed by atoms with Crippen LogP contribution in [0.25, 0.3) is 0 Å². The molecule has 0 saturated carbocycles. The molecule has 4 heteroatoms. The van der Waals surface area contributed by atoms with Crippen molar-refractivity contribution in [1.29, 1.82) is 0 Å². The first-order valence-electron chi connectivity index (χ1n) is 6.87. The molecular formula is C16H21ClN2S. The van der Waals surface area contributed by atoms with Gasteiger partial charge in [0.2, 0.25) is 0 Å². The van der Waals surface area contributed by atoms with E-state index in [0.717, 1.165) is 30.2 Å². The molecule has 0 bridgehead atoms. The zero-order chi connectivity index (χ0) is 14.4. The average molecular weight is 309 g/mol. The Balaban J connectivity index is 1.71. The van der Waals surface area contributed by atoms with Gasteiger partial charge >= 0.3 is 0 Å². The number of benzene rings is 1. The van der Waals surface area contributed by atoms with Gasteiger partial charge in [0.15, 0.2) is 0 Å². The van der Waals surface area contributed by atoms with Crippen LogP contribution in [0.1, 0.15) is 11.8 Å². The molecule has 0 spiro atoms. The Kier molecular flexibility index (Phi) is 5.89. The van der Waals surface area contributed by atoms with E-state index < -0.39 is 0 Å². The molecule has 0 amide bonds. The van der Waals surface area contributed by atoms with Crippen LogP contribution >= 0.6 is 22.9 Å². The third-order valence-corrected chi connectivity index (χ3v) is 4.62. The van der Waals surface area contributed by atoms with Crippen molar-refractivity contribution >= 4 is 28.6 Å². The monoisotopic (exact) mass is 308 g/mol. The SMILES string of the molecule is CC(Cc1cccs1)N(C)CCNc1ccc(Cl)cc1. The summed E-state index contributed by atoms with van der Waals surface area (Å²) in [5.74, 6) is 0. The fraction of sp³-hybridized carbons (Fsp3) is 0.375. The highest BCUT2D eigenvalue weighted by atomic mass is 35.5. The Bertz CT molecular complexity index is 496. The van der Waals surface area contributed by atoms with Gasteiger partial charge in [-0.05, 0) is 56.1 Å². The summed E-state index contributed by atoms with van der Waals surface area (Å²) >= 11 is 7.71. The number of halogens is 1. The Morgan fingerprint density at radius 1 is 1.25 bits per heavy atom. The first kappa shape index (κ1) is 15.4. The third-order valence-electron chi connectivity index (χ3n) is 3.47. The summed E-state index contributed by atoms with van der Waals surface area (Å²) in [5, 5.41) is 6.34. The lowest BCUT2D eigenvalue weighted by molar-refractivity contribution is 0.267. The maximum absolute atomic E-state index is 5.87. The molecule has 1 aromatic heterocycles. The van der Waals surface area contributed by atoms with Gasteiger partial charge in [-0.25, -0.2) is 0 Å². The molecule has 1 N–H and O–H groups in total. The molecule has 1 heterocycles. The second-order valence-electron chi connectivity index (χ2n) is 5.05. The van der Waals surface area contributed by atoms with Gasteiger partial charge in [-0.15, -0.1) is 11.3 Å². The topological polar surface area (TPSA) is 15.3 Å². The van der Waals surface area contributed by atoms with Crippen molar-refractivity contribution in [1.82, 2.24) is 4.90 Å². The van der Waals surface area contributed by atoms with Crippen LogP contribution in [-0.4, -0.2) is 31.1 Å². The standard InChI is InChI=1S/C16H21ClN2S/c1-13(12-16-4-3-11-20-16)19(2)10-9-18-15-7-5-14(17)6-8-15/h3-8,11,13,18H,9-10,12H2,1-2H3. The molecule has 0 aliphatic heterocycles. The molecular weight excluding hydrogens is 288 g/mol. The molecule has 20 heavy (non-hydrogen) atoms. The van der Waals surface area contributed by atoms with Crippen LogP contribution in [0.4, 0.5) is 5.69 Å². The molecule has 2 rings (SSSR count). The number of thiophene rings is 1. The molecule has 0 saturated heterocycles. The molecule has 1 atom stereocenters. The van der Waals surface area contributed by atoms with Gasteiger partial charge in [-0.3, -0.25) is 0 Å². The van der Waals surface area contributed by atoms with E-state index >= 15 is 0 Å². The van der Waals surface area contributed by atoms with E-state index in [4.69, 9.17) is 11.6 Å². The van der Waals surface area contributed by atoms with Crippen LogP contribution in [-0.2, 0) is 6.42 Å². The van der Waals surface area contributed by atoms with Gasteiger partial charge in [0.25, 0.3) is 0 Å². The quantitative estimate of drug-likeness (QED) is 0.816. The first-order valence-corrected chi connectivity index (χ1v) is 8.13. The molecule has 1 unspecified atom stereocenters. The molecule has 1 aromatic carbocycles. The van der Waals surface area contributed by atoms with Crippen molar-refractivity contribution in [3.05, 3.63) is 51.7 Å². The second kappa shape index (κ2) is 7.67. The largest absolute Gasteiger partial charge is 0.384 e. The van der Waals surface area contributed by atoms with Crippen molar-refractivity contribution in [3.8, 4) is 0 Å². The molecule has 0 fully saturated rings. The fourth-order valence-electron chi connectivity index (χ4n) is 2.04. The minimum absolute atomic E-state index is 0.556. The van der Waals surface area contributed by atoms with Crippen molar-refractivity contribution in [2.75, 3.05) is 25.5 Å². The van der Waals surface area contributed by atoms with E-state index in [1.165, 1.54) is 4.88 Å². The Hall–Kier alpha value is -1.03. The van der Waals surface area contributed by atoms with Crippen LogP contribution in [0.15, 0.2) is 41.8 Å². The highest BCUT2D eigenvalue weighted by molar-refractivity contribution is 7.09. The van der Waals surface area contributed by atoms with Crippen LogP contribution in [0.3, 0.4) is 0 Å². The van der Waals surface area contributed by atoms with Gasteiger partial charge in [0.1, 0.15) is 0 Å². The maximum Gasteiger partial charge on any atom is 0.0407 e. The molecule has 108 valence electrons. The minimum Gasteiger partial charge on any atom is -0.384 e. The van der Waals surface area contributed by atoms with E-state index in [2.05, 4.69) is 41.7 Å². The zero-order valence-electron chi connectivity index (χ0n) is 12.0. The normalized spacial score (nSPS) is 12.6. The summed E-state index contributed by atoms with van der Waals surface area (Å²) in [5.41, 5.74) is 1.12. The van der Waals surface area contributed by atoms with Crippen molar-refractivity contribution in [3.63, 3.8) is 0 Å². The van der Waals surface area contributed by atoms with Gasteiger partial charge in [0, 0.05) is 34.7 Å². The number of nitrogens with zero attached hydrogens (tertiary/aromatic N) is 1. The number of hydrogen-bond acceptors (Lipinski definition) is 3. The Morgan fingerprint density at radius 2 is 2.00 bits per heavy atom. The smallest absolute Gasteiger partial charge is 0.0407 e. The van der Waals surface area contributed by atoms with Crippen molar-refractivity contribution in [2.24, 2.45) is 0 Å². The predicted molar refractivity (Wildman–Crippen MR) is 90.1 cm³/mol. The molecule has 0 radical (unpaired) electrons. The van der Waals surface area contributed by atoms with Crippen molar-refractivity contribution < 1.29 is 0 Å². The lowest BCUT2D eigenvalue weighted by atomic mass is 10.2. The van der Waals surface area contributed by atoms with E-state index in [1.54, 1.807) is 0 Å². The van der Waals surface area contributed by atoms with Gasteiger partial charge < -0.3 is 10.2 Å². The van der Waals surface area contributed by atoms with Crippen LogP contribution in [0.5, 0.6) is 0 Å². The highest BCUT2D eigenvalue weighted by Gasteiger charge is 2.10. The van der Waals surface area contributed by atoms with E-state index in [9.17, 15) is 0 Å². The fourth-order valence-corrected chi connectivity index (χ4v) is 2.99. The summed E-state index contributed by atoms with van der Waals surface area (Å²) in [6.45, 7) is 4.24. The van der Waals surface area contributed by atoms with E-state index in [-0.39, 0.29) is 0 Å². The predicted octanol–water partition coefficient (Wildman–Crippen LogP) is 4.38. The Morgan fingerprint density at radius 3 is 2.65 bits per heavy atom. The van der Waals surface area contributed by atoms with Gasteiger partial charge in [-0.1, -0.05) is 17.7 Å². The second-order valence-corrected chi connectivity index (χ2v) is 6.52. The summed E-state index contributed by atoms with van der Waals surface area (Å²) < 4.78 is 0.